The van der Waals surface area contributed by atoms with Crippen LogP contribution in [0.15, 0.2) is 30.5 Å². The second kappa shape index (κ2) is 6.54. The minimum Gasteiger partial charge on any atom is -0.388 e. The van der Waals surface area contributed by atoms with Crippen LogP contribution in [0.4, 0.5) is 11.5 Å². The molecule has 0 aliphatic heterocycles. The molecule has 1 N–H and O–H groups in total. The van der Waals surface area contributed by atoms with Crippen LogP contribution in [0.1, 0.15) is 5.56 Å². The zero-order valence-electron chi connectivity index (χ0n) is 10.7. The number of carbonyl (C=O) groups excluding carboxylic acids is 1. The van der Waals surface area contributed by atoms with Gasteiger partial charge in [-0.15, -0.1) is 0 Å². The number of anilines is 2. The van der Waals surface area contributed by atoms with Crippen molar-refractivity contribution >= 4 is 41.1 Å². The maximum absolute atomic E-state index is 11.3. The number of rotatable bonds is 5. The molecule has 2 aromatic rings. The Bertz CT molecular complexity index is 621. The summed E-state index contributed by atoms with van der Waals surface area (Å²) in [7, 11) is 1.82. The summed E-state index contributed by atoms with van der Waals surface area (Å²) in [6.45, 7) is 0.327. The van der Waals surface area contributed by atoms with E-state index in [1.807, 2.05) is 31.3 Å². The van der Waals surface area contributed by atoms with Crippen molar-refractivity contribution in [3.05, 3.63) is 46.3 Å². The molecule has 104 valence electrons. The molecule has 1 heterocycles. The van der Waals surface area contributed by atoms with Crippen molar-refractivity contribution in [1.82, 2.24) is 9.97 Å². The van der Waals surface area contributed by atoms with Crippen LogP contribution in [0, 0.1) is 0 Å². The zero-order chi connectivity index (χ0) is 14.5. The number of benzene rings is 1. The number of hydrogen-bond donors (Lipinski definition) is 1. The molecule has 0 bridgehead atoms. The van der Waals surface area contributed by atoms with E-state index in [1.165, 1.54) is 11.1 Å². The van der Waals surface area contributed by atoms with Gasteiger partial charge in [-0.1, -0.05) is 29.8 Å². The lowest BCUT2D eigenvalue weighted by molar-refractivity contribution is -0.107. The fraction of sp³-hybridized carbons (Fsp3) is 0.154. The zero-order valence-corrected chi connectivity index (χ0v) is 12.2. The average Bonchev–Trinajstić information content (AvgIpc) is 2.48. The van der Waals surface area contributed by atoms with Crippen LogP contribution >= 0.6 is 23.2 Å². The van der Waals surface area contributed by atoms with Crippen LogP contribution in [0.2, 0.25) is 10.3 Å². The van der Waals surface area contributed by atoms with E-state index in [0.717, 1.165) is 11.3 Å². The molecule has 1 aromatic heterocycles. The van der Waals surface area contributed by atoms with Crippen LogP contribution in [0.5, 0.6) is 0 Å². The SMILES string of the molecule is CNc1ccccc1CN(C=O)c1nc(Cl)ncc1Cl. The number of para-hydroxylation sites is 1. The van der Waals surface area contributed by atoms with E-state index in [-0.39, 0.29) is 16.1 Å². The van der Waals surface area contributed by atoms with Gasteiger partial charge in [0, 0.05) is 12.7 Å². The van der Waals surface area contributed by atoms with Crippen molar-refractivity contribution in [2.24, 2.45) is 0 Å². The molecular weight excluding hydrogens is 299 g/mol. The van der Waals surface area contributed by atoms with Gasteiger partial charge in [-0.25, -0.2) is 4.98 Å². The smallest absolute Gasteiger partial charge is 0.224 e. The van der Waals surface area contributed by atoms with Crippen LogP contribution < -0.4 is 10.2 Å². The van der Waals surface area contributed by atoms with E-state index < -0.39 is 0 Å². The third kappa shape index (κ3) is 3.18. The van der Waals surface area contributed by atoms with Crippen molar-refractivity contribution < 1.29 is 4.79 Å². The number of aromatic nitrogens is 2. The summed E-state index contributed by atoms with van der Waals surface area (Å²) < 4.78 is 0. The summed E-state index contributed by atoms with van der Waals surface area (Å²) in [5.41, 5.74) is 1.86. The molecular formula is C13H12Cl2N4O. The first-order valence-electron chi connectivity index (χ1n) is 5.81. The molecule has 0 fully saturated rings. The van der Waals surface area contributed by atoms with Crippen LogP contribution in [0.25, 0.3) is 0 Å². The molecule has 1 aromatic carbocycles. The van der Waals surface area contributed by atoms with Crippen molar-refractivity contribution in [3.8, 4) is 0 Å². The van der Waals surface area contributed by atoms with Crippen molar-refractivity contribution in [2.45, 2.75) is 6.54 Å². The average molecular weight is 311 g/mol. The molecule has 0 radical (unpaired) electrons. The van der Waals surface area contributed by atoms with Crippen LogP contribution in [-0.2, 0) is 11.3 Å². The lowest BCUT2D eigenvalue weighted by Gasteiger charge is -2.19. The van der Waals surface area contributed by atoms with Gasteiger partial charge in [0.2, 0.25) is 11.7 Å². The molecule has 0 spiro atoms. The standard InChI is InChI=1S/C13H12Cl2N4O/c1-16-11-5-3-2-4-9(11)7-19(8-20)12-10(14)6-17-13(15)18-12/h2-6,8,16H,7H2,1H3. The molecule has 7 heteroatoms. The van der Waals surface area contributed by atoms with Gasteiger partial charge in [0.25, 0.3) is 0 Å². The summed E-state index contributed by atoms with van der Waals surface area (Å²) >= 11 is 11.8. The molecule has 1 amide bonds. The van der Waals surface area contributed by atoms with Gasteiger partial charge in [-0.05, 0) is 23.2 Å². The summed E-state index contributed by atoms with van der Waals surface area (Å²) in [4.78, 5) is 20.5. The molecule has 5 nitrogen and oxygen atoms in total. The maximum atomic E-state index is 11.3. The number of hydrogen-bond acceptors (Lipinski definition) is 4. The van der Waals surface area contributed by atoms with Gasteiger partial charge >= 0.3 is 0 Å². The van der Waals surface area contributed by atoms with E-state index in [1.54, 1.807) is 0 Å². The summed E-state index contributed by atoms with van der Waals surface area (Å²) in [6, 6.07) is 7.65. The Balaban J connectivity index is 2.33. The normalized spacial score (nSPS) is 10.2. The second-order valence-corrected chi connectivity index (χ2v) is 4.70. The lowest BCUT2D eigenvalue weighted by atomic mass is 10.1. The highest BCUT2D eigenvalue weighted by Crippen LogP contribution is 2.25. The Morgan fingerprint density at radius 2 is 2.10 bits per heavy atom. The Labute approximate surface area is 126 Å². The summed E-state index contributed by atoms with van der Waals surface area (Å²) in [5, 5.41) is 3.38. The van der Waals surface area contributed by atoms with Gasteiger partial charge in [-0.2, -0.15) is 4.98 Å². The first kappa shape index (κ1) is 14.6. The third-order valence-electron chi connectivity index (χ3n) is 2.72. The van der Waals surface area contributed by atoms with Crippen LogP contribution in [0.3, 0.4) is 0 Å². The molecule has 2 rings (SSSR count). The van der Waals surface area contributed by atoms with E-state index in [4.69, 9.17) is 23.2 Å². The molecule has 0 saturated carbocycles. The van der Waals surface area contributed by atoms with Gasteiger partial charge in [0.15, 0.2) is 5.82 Å². The number of halogens is 2. The van der Waals surface area contributed by atoms with Crippen molar-refractivity contribution in [1.29, 1.82) is 0 Å². The Hall–Kier alpha value is -1.85. The van der Waals surface area contributed by atoms with E-state index >= 15 is 0 Å². The van der Waals surface area contributed by atoms with Gasteiger partial charge < -0.3 is 5.32 Å². The quantitative estimate of drug-likeness (QED) is 0.681. The Morgan fingerprint density at radius 3 is 2.80 bits per heavy atom. The fourth-order valence-electron chi connectivity index (χ4n) is 1.79. The molecule has 0 aliphatic rings. The highest BCUT2D eigenvalue weighted by atomic mass is 35.5. The van der Waals surface area contributed by atoms with Crippen LogP contribution in [-0.4, -0.2) is 23.4 Å². The third-order valence-corrected chi connectivity index (χ3v) is 3.17. The fourth-order valence-corrected chi connectivity index (χ4v) is 2.11. The van der Waals surface area contributed by atoms with E-state index in [9.17, 15) is 4.79 Å². The highest BCUT2D eigenvalue weighted by Gasteiger charge is 2.14. The van der Waals surface area contributed by atoms with E-state index in [0.29, 0.717) is 13.0 Å². The van der Waals surface area contributed by atoms with Crippen molar-refractivity contribution in [2.75, 3.05) is 17.3 Å². The molecule has 20 heavy (non-hydrogen) atoms. The largest absolute Gasteiger partial charge is 0.388 e. The minimum absolute atomic E-state index is 0.0400. The Morgan fingerprint density at radius 1 is 1.35 bits per heavy atom. The molecule has 0 atom stereocenters. The number of nitrogens with one attached hydrogen (secondary N) is 1. The monoisotopic (exact) mass is 310 g/mol. The predicted molar refractivity (Wildman–Crippen MR) is 80.3 cm³/mol. The van der Waals surface area contributed by atoms with Crippen molar-refractivity contribution in [3.63, 3.8) is 0 Å². The summed E-state index contributed by atoms with van der Waals surface area (Å²) in [6.07, 6.45) is 2.03. The Kier molecular flexibility index (Phi) is 4.76. The molecule has 0 aliphatic carbocycles. The second-order valence-electron chi connectivity index (χ2n) is 3.95. The first-order chi connectivity index (χ1) is 9.65. The van der Waals surface area contributed by atoms with Gasteiger partial charge in [0.1, 0.15) is 5.02 Å². The van der Waals surface area contributed by atoms with Gasteiger partial charge in [-0.3, -0.25) is 9.69 Å². The van der Waals surface area contributed by atoms with Gasteiger partial charge in [0.05, 0.1) is 12.7 Å². The number of carbonyl (C=O) groups is 1. The topological polar surface area (TPSA) is 58.1 Å². The minimum atomic E-state index is 0.0400. The first-order valence-corrected chi connectivity index (χ1v) is 6.57. The van der Waals surface area contributed by atoms with E-state index in [2.05, 4.69) is 15.3 Å². The maximum Gasteiger partial charge on any atom is 0.224 e. The number of amides is 1. The molecule has 0 saturated heterocycles. The predicted octanol–water partition coefficient (Wildman–Crippen LogP) is 2.99. The lowest BCUT2D eigenvalue weighted by Crippen LogP contribution is -2.22. The molecule has 0 unspecified atom stereocenters. The highest BCUT2D eigenvalue weighted by molar-refractivity contribution is 6.33. The summed E-state index contributed by atoms with van der Waals surface area (Å²) in [5.74, 6) is 0.285. The number of nitrogens with zero attached hydrogens (tertiary/aromatic N) is 3.